The highest BCUT2D eigenvalue weighted by atomic mass is 16.3. The van der Waals surface area contributed by atoms with Crippen LogP contribution in [0.1, 0.15) is 36.8 Å². The smallest absolute Gasteiger partial charge is 0.275 e. The quantitative estimate of drug-likeness (QED) is 0.606. The van der Waals surface area contributed by atoms with E-state index in [0.29, 0.717) is 6.54 Å². The van der Waals surface area contributed by atoms with Crippen LogP contribution in [0.5, 0.6) is 0 Å². The van der Waals surface area contributed by atoms with Crippen LogP contribution in [-0.2, 0) is 5.72 Å². The third-order valence-electron chi connectivity index (χ3n) is 6.46. The highest BCUT2D eigenvalue weighted by molar-refractivity contribution is 5.97. The first-order chi connectivity index (χ1) is 14.6. The van der Waals surface area contributed by atoms with Crippen LogP contribution in [0.3, 0.4) is 0 Å². The third kappa shape index (κ3) is 3.33. The van der Waals surface area contributed by atoms with E-state index >= 15 is 0 Å². The summed E-state index contributed by atoms with van der Waals surface area (Å²) in [6, 6.07) is 27.4. The van der Waals surface area contributed by atoms with Crippen molar-refractivity contribution in [3.8, 4) is 11.1 Å². The van der Waals surface area contributed by atoms with Crippen molar-refractivity contribution < 1.29 is 9.68 Å². The number of aryl methyl sites for hydroxylation is 1. The number of anilines is 1. The minimum Gasteiger partial charge on any atom is -0.346 e. The number of hydrogen-bond donors (Lipinski definition) is 1. The molecule has 0 radical (unpaired) electrons. The summed E-state index contributed by atoms with van der Waals surface area (Å²) in [7, 11) is 0. The lowest BCUT2D eigenvalue weighted by molar-refractivity contribution is -0.534. The van der Waals surface area contributed by atoms with Gasteiger partial charge in [0.05, 0.1) is 6.54 Å². The largest absolute Gasteiger partial charge is 0.346 e. The Morgan fingerprint density at radius 3 is 2.40 bits per heavy atom. The van der Waals surface area contributed by atoms with Gasteiger partial charge in [-0.1, -0.05) is 66.2 Å². The average Bonchev–Trinajstić information content (AvgIpc) is 2.91. The molecule has 3 aromatic carbocycles. The van der Waals surface area contributed by atoms with E-state index in [0.717, 1.165) is 29.8 Å². The van der Waals surface area contributed by atoms with Crippen molar-refractivity contribution in [3.63, 3.8) is 0 Å². The molecule has 0 amide bonds. The van der Waals surface area contributed by atoms with Crippen LogP contribution in [0.25, 0.3) is 11.1 Å². The van der Waals surface area contributed by atoms with E-state index in [2.05, 4.69) is 89.2 Å². The van der Waals surface area contributed by atoms with Crippen LogP contribution in [0.2, 0.25) is 0 Å². The van der Waals surface area contributed by atoms with Crippen LogP contribution in [0.15, 0.2) is 78.9 Å². The molecule has 0 saturated heterocycles. The van der Waals surface area contributed by atoms with Gasteiger partial charge in [-0.15, -0.1) is 0 Å². The second-order valence-electron chi connectivity index (χ2n) is 8.58. The summed E-state index contributed by atoms with van der Waals surface area (Å²) in [6.45, 7) is 3.72. The minimum absolute atomic E-state index is 0.606. The summed E-state index contributed by atoms with van der Waals surface area (Å²) in [4.78, 5) is 2.20. The molecular weight excluding hydrogens is 368 g/mol. The Balaban J connectivity index is 1.62. The number of nitrogens with zero attached hydrogens (tertiary/aromatic N) is 2. The molecule has 3 aromatic rings. The van der Waals surface area contributed by atoms with Crippen molar-refractivity contribution in [1.29, 1.82) is 0 Å². The van der Waals surface area contributed by atoms with E-state index in [-0.39, 0.29) is 0 Å². The van der Waals surface area contributed by atoms with E-state index in [4.69, 9.17) is 0 Å². The van der Waals surface area contributed by atoms with E-state index in [1.807, 2.05) is 6.07 Å². The molecule has 3 nitrogen and oxygen atoms in total. The molecule has 3 heteroatoms. The van der Waals surface area contributed by atoms with Crippen LogP contribution >= 0.6 is 0 Å². The second kappa shape index (κ2) is 7.73. The Hall–Kier alpha value is -2.91. The average molecular weight is 398 g/mol. The Morgan fingerprint density at radius 2 is 1.60 bits per heavy atom. The molecule has 0 bridgehead atoms. The van der Waals surface area contributed by atoms with Crippen molar-refractivity contribution in [3.05, 3.63) is 90.0 Å². The lowest BCUT2D eigenvalue weighted by atomic mass is 9.95. The third-order valence-corrected chi connectivity index (χ3v) is 6.46. The van der Waals surface area contributed by atoms with Gasteiger partial charge in [0, 0.05) is 12.0 Å². The van der Waals surface area contributed by atoms with Crippen molar-refractivity contribution in [2.24, 2.45) is 0 Å². The zero-order chi connectivity index (χ0) is 20.6. The lowest BCUT2D eigenvalue weighted by Gasteiger charge is -2.29. The molecule has 2 aliphatic heterocycles. The molecule has 0 aliphatic carbocycles. The standard InChI is InChI=1S/C27H29N2O/c1-21-14-16-25(17-15-21)29-26-13-6-3-7-18-28(26)20-27(29,30)24-12-8-11-23(19-24)22-9-4-2-5-10-22/h2,4-5,8-12,14-17,19,30H,3,6-7,13,18,20H2,1H3/q+1/t27-/m0/s1. The van der Waals surface area contributed by atoms with Gasteiger partial charge in [0.15, 0.2) is 6.54 Å². The fourth-order valence-corrected chi connectivity index (χ4v) is 4.88. The highest BCUT2D eigenvalue weighted by Gasteiger charge is 2.54. The van der Waals surface area contributed by atoms with Gasteiger partial charge in [-0.3, -0.25) is 4.58 Å². The molecule has 2 aliphatic rings. The lowest BCUT2D eigenvalue weighted by Crippen LogP contribution is -2.47. The molecule has 1 N–H and O–H groups in total. The summed E-state index contributed by atoms with van der Waals surface area (Å²) >= 11 is 0. The van der Waals surface area contributed by atoms with E-state index in [1.54, 1.807) is 0 Å². The fourth-order valence-electron chi connectivity index (χ4n) is 4.88. The molecule has 1 atom stereocenters. The van der Waals surface area contributed by atoms with Crippen molar-refractivity contribution in [2.75, 3.05) is 18.0 Å². The highest BCUT2D eigenvalue weighted by Crippen LogP contribution is 2.39. The topological polar surface area (TPSA) is 26.5 Å². The predicted molar refractivity (Wildman–Crippen MR) is 123 cm³/mol. The van der Waals surface area contributed by atoms with Crippen LogP contribution in [-0.4, -0.2) is 28.6 Å². The van der Waals surface area contributed by atoms with Gasteiger partial charge < -0.3 is 5.11 Å². The SMILES string of the molecule is Cc1ccc(N2C3=[N+](CCCCC3)C[C@]2(O)c2cccc(-c3ccccc3)c2)cc1. The maximum Gasteiger partial charge on any atom is 0.275 e. The summed E-state index contributed by atoms with van der Waals surface area (Å²) in [6.07, 6.45) is 4.62. The Bertz CT molecular complexity index is 1070. The number of amidine groups is 1. The van der Waals surface area contributed by atoms with E-state index < -0.39 is 5.72 Å². The molecule has 0 aromatic heterocycles. The van der Waals surface area contributed by atoms with Crippen LogP contribution < -0.4 is 4.90 Å². The summed E-state index contributed by atoms with van der Waals surface area (Å²) < 4.78 is 2.40. The van der Waals surface area contributed by atoms with Crippen LogP contribution in [0.4, 0.5) is 5.69 Å². The van der Waals surface area contributed by atoms with E-state index in [1.165, 1.54) is 36.2 Å². The number of hydrogen-bond acceptors (Lipinski definition) is 2. The number of rotatable bonds is 3. The first-order valence-electron chi connectivity index (χ1n) is 11.0. The van der Waals surface area contributed by atoms with Gasteiger partial charge in [0.25, 0.3) is 11.6 Å². The first kappa shape index (κ1) is 19.1. The van der Waals surface area contributed by atoms with Crippen LogP contribution in [0, 0.1) is 6.92 Å². The molecule has 0 fully saturated rings. The zero-order valence-electron chi connectivity index (χ0n) is 17.6. The molecule has 2 heterocycles. The molecular formula is C27H29N2O+. The monoisotopic (exact) mass is 397 g/mol. The van der Waals surface area contributed by atoms with Crippen molar-refractivity contribution in [2.45, 2.75) is 38.3 Å². The molecule has 30 heavy (non-hydrogen) atoms. The zero-order valence-corrected chi connectivity index (χ0v) is 17.6. The Labute approximate surface area is 178 Å². The van der Waals surface area contributed by atoms with Gasteiger partial charge in [-0.2, -0.15) is 4.90 Å². The molecule has 0 saturated carbocycles. The minimum atomic E-state index is -1.08. The van der Waals surface area contributed by atoms with E-state index in [9.17, 15) is 5.11 Å². The van der Waals surface area contributed by atoms with Gasteiger partial charge in [0.1, 0.15) is 5.69 Å². The summed E-state index contributed by atoms with van der Waals surface area (Å²) in [5.74, 6) is 1.25. The molecule has 0 unspecified atom stereocenters. The molecule has 0 spiro atoms. The van der Waals surface area contributed by atoms with Crippen molar-refractivity contribution in [1.82, 2.24) is 0 Å². The van der Waals surface area contributed by atoms with Crippen molar-refractivity contribution >= 4 is 11.5 Å². The van der Waals surface area contributed by atoms with Gasteiger partial charge in [-0.05, 0) is 55.5 Å². The number of aliphatic hydroxyl groups is 1. The predicted octanol–water partition coefficient (Wildman–Crippen LogP) is 5.31. The fraction of sp³-hybridized carbons (Fsp3) is 0.296. The maximum absolute atomic E-state index is 12.2. The molecule has 5 rings (SSSR count). The normalized spacial score (nSPS) is 21.5. The second-order valence-corrected chi connectivity index (χ2v) is 8.58. The summed E-state index contributed by atoms with van der Waals surface area (Å²) in [5.41, 5.74) is 4.47. The maximum atomic E-state index is 12.2. The number of benzene rings is 3. The Kier molecular flexibility index (Phi) is 4.92. The summed E-state index contributed by atoms with van der Waals surface area (Å²) in [5, 5.41) is 12.2. The molecule has 152 valence electrons. The van der Waals surface area contributed by atoms with Gasteiger partial charge in [0.2, 0.25) is 0 Å². The first-order valence-corrected chi connectivity index (χ1v) is 11.0. The van der Waals surface area contributed by atoms with Gasteiger partial charge in [-0.25, -0.2) is 0 Å². The van der Waals surface area contributed by atoms with Gasteiger partial charge >= 0.3 is 0 Å². The Morgan fingerprint density at radius 1 is 0.833 bits per heavy atom.